The fourth-order valence-electron chi connectivity index (χ4n) is 3.36. The van der Waals surface area contributed by atoms with Crippen molar-refractivity contribution < 1.29 is 23.8 Å². The van der Waals surface area contributed by atoms with Gasteiger partial charge in [0.1, 0.15) is 6.61 Å². The van der Waals surface area contributed by atoms with Gasteiger partial charge in [0.2, 0.25) is 0 Å². The Labute approximate surface area is 192 Å². The molecule has 2 amide bonds. The molecular weight excluding hydrogens is 432 g/mol. The minimum Gasteiger partial charge on any atom is -0.490 e. The molecule has 32 heavy (non-hydrogen) atoms. The molecule has 7 nitrogen and oxygen atoms in total. The SMILES string of the molecule is C=CCOc1cc(Cl)c(C2NC(=O)NC(c3ccccc3)=C2C(=O)OCC)cc1OCC. The highest BCUT2D eigenvalue weighted by molar-refractivity contribution is 6.31. The van der Waals surface area contributed by atoms with E-state index in [0.717, 1.165) is 0 Å². The number of nitrogens with one attached hydrogen (secondary N) is 2. The van der Waals surface area contributed by atoms with Crippen LogP contribution in [0.5, 0.6) is 11.5 Å². The van der Waals surface area contributed by atoms with Crippen LogP contribution in [0.1, 0.15) is 31.0 Å². The van der Waals surface area contributed by atoms with E-state index >= 15 is 0 Å². The van der Waals surface area contributed by atoms with Crippen LogP contribution in [0, 0.1) is 0 Å². The summed E-state index contributed by atoms with van der Waals surface area (Å²) in [5, 5.41) is 5.83. The van der Waals surface area contributed by atoms with Crippen LogP contribution in [0.15, 0.2) is 60.7 Å². The lowest BCUT2D eigenvalue weighted by Gasteiger charge is -2.30. The molecule has 0 aliphatic carbocycles. The van der Waals surface area contributed by atoms with E-state index in [1.807, 2.05) is 25.1 Å². The van der Waals surface area contributed by atoms with Gasteiger partial charge in [0.05, 0.1) is 35.5 Å². The van der Waals surface area contributed by atoms with Gasteiger partial charge in [-0.1, -0.05) is 54.6 Å². The molecule has 1 heterocycles. The van der Waals surface area contributed by atoms with Crippen LogP contribution < -0.4 is 20.1 Å². The second kappa shape index (κ2) is 10.7. The maximum atomic E-state index is 13.0. The molecule has 1 aliphatic heterocycles. The lowest BCUT2D eigenvalue weighted by molar-refractivity contribution is -0.138. The van der Waals surface area contributed by atoms with Gasteiger partial charge >= 0.3 is 12.0 Å². The summed E-state index contributed by atoms with van der Waals surface area (Å²) in [5.74, 6) is 0.307. The van der Waals surface area contributed by atoms with Gasteiger partial charge in [0.15, 0.2) is 11.5 Å². The quantitative estimate of drug-likeness (QED) is 0.424. The number of esters is 1. The summed E-state index contributed by atoms with van der Waals surface area (Å²) < 4.78 is 16.7. The highest BCUT2D eigenvalue weighted by atomic mass is 35.5. The monoisotopic (exact) mass is 456 g/mol. The number of urea groups is 1. The highest BCUT2D eigenvalue weighted by Gasteiger charge is 2.36. The van der Waals surface area contributed by atoms with E-state index in [2.05, 4.69) is 17.2 Å². The molecule has 8 heteroatoms. The van der Waals surface area contributed by atoms with Crippen molar-refractivity contribution >= 4 is 29.3 Å². The molecule has 2 aromatic rings. The summed E-state index contributed by atoms with van der Waals surface area (Å²) in [6.45, 7) is 8.04. The summed E-state index contributed by atoms with van der Waals surface area (Å²) in [4.78, 5) is 25.6. The third kappa shape index (κ3) is 5.06. The molecule has 3 rings (SSSR count). The summed E-state index contributed by atoms with van der Waals surface area (Å²) in [7, 11) is 0. The number of hydrogen-bond donors (Lipinski definition) is 2. The zero-order valence-corrected chi connectivity index (χ0v) is 18.7. The number of benzene rings is 2. The molecule has 0 saturated heterocycles. The third-order valence-electron chi connectivity index (χ3n) is 4.66. The Hall–Kier alpha value is -3.45. The maximum absolute atomic E-state index is 13.0. The number of carbonyl (C=O) groups is 2. The first kappa shape index (κ1) is 23.2. The van der Waals surface area contributed by atoms with Gasteiger partial charge in [0, 0.05) is 11.6 Å². The van der Waals surface area contributed by atoms with E-state index in [1.54, 1.807) is 37.3 Å². The number of ether oxygens (including phenoxy) is 3. The van der Waals surface area contributed by atoms with Crippen LogP contribution in [0.4, 0.5) is 4.79 Å². The molecule has 168 valence electrons. The van der Waals surface area contributed by atoms with E-state index in [-0.39, 0.29) is 18.8 Å². The van der Waals surface area contributed by atoms with Gasteiger partial charge in [-0.3, -0.25) is 0 Å². The van der Waals surface area contributed by atoms with Crippen LogP contribution >= 0.6 is 11.6 Å². The van der Waals surface area contributed by atoms with Gasteiger partial charge in [0.25, 0.3) is 0 Å². The van der Waals surface area contributed by atoms with E-state index in [9.17, 15) is 9.59 Å². The highest BCUT2D eigenvalue weighted by Crippen LogP contribution is 2.41. The lowest BCUT2D eigenvalue weighted by atomic mass is 9.92. The van der Waals surface area contributed by atoms with Crippen LogP contribution in [0.2, 0.25) is 5.02 Å². The van der Waals surface area contributed by atoms with Gasteiger partial charge in [-0.15, -0.1) is 0 Å². The smallest absolute Gasteiger partial charge is 0.338 e. The van der Waals surface area contributed by atoms with Crippen molar-refractivity contribution in [3.05, 3.63) is 76.8 Å². The normalized spacial score (nSPS) is 15.5. The lowest BCUT2D eigenvalue weighted by Crippen LogP contribution is -2.45. The van der Waals surface area contributed by atoms with E-state index in [4.69, 9.17) is 25.8 Å². The van der Waals surface area contributed by atoms with Gasteiger partial charge in [-0.25, -0.2) is 9.59 Å². The summed E-state index contributed by atoms with van der Waals surface area (Å²) in [5.41, 5.74) is 1.75. The zero-order chi connectivity index (χ0) is 23.1. The average molecular weight is 457 g/mol. The molecule has 0 radical (unpaired) electrons. The zero-order valence-electron chi connectivity index (χ0n) is 17.9. The van der Waals surface area contributed by atoms with Crippen molar-refractivity contribution in [3.63, 3.8) is 0 Å². The molecule has 0 saturated carbocycles. The summed E-state index contributed by atoms with van der Waals surface area (Å²) in [6, 6.07) is 11.0. The molecule has 0 aromatic heterocycles. The fourth-order valence-corrected chi connectivity index (χ4v) is 3.62. The Balaban J connectivity index is 2.19. The Kier molecular flexibility index (Phi) is 7.78. The molecule has 1 aliphatic rings. The molecule has 0 fully saturated rings. The van der Waals surface area contributed by atoms with Crippen LogP contribution in [0.3, 0.4) is 0 Å². The van der Waals surface area contributed by atoms with Crippen molar-refractivity contribution in [2.24, 2.45) is 0 Å². The fraction of sp³-hybridized carbons (Fsp3) is 0.250. The van der Waals surface area contributed by atoms with Crippen molar-refractivity contribution in [1.29, 1.82) is 0 Å². The Morgan fingerprint density at radius 1 is 1.12 bits per heavy atom. The summed E-state index contributed by atoms with van der Waals surface area (Å²) in [6.07, 6.45) is 1.61. The topological polar surface area (TPSA) is 85.9 Å². The van der Waals surface area contributed by atoms with Gasteiger partial charge < -0.3 is 24.8 Å². The summed E-state index contributed by atoms with van der Waals surface area (Å²) >= 11 is 6.59. The molecular formula is C24H25ClN2O5. The van der Waals surface area contributed by atoms with Crippen molar-refractivity contribution in [1.82, 2.24) is 10.6 Å². The Morgan fingerprint density at radius 2 is 1.84 bits per heavy atom. The molecule has 2 aromatic carbocycles. The molecule has 0 bridgehead atoms. The van der Waals surface area contributed by atoms with E-state index in [0.29, 0.717) is 40.0 Å². The maximum Gasteiger partial charge on any atom is 0.338 e. The Morgan fingerprint density at radius 3 is 2.50 bits per heavy atom. The number of carbonyl (C=O) groups excluding carboxylic acids is 2. The van der Waals surface area contributed by atoms with Crippen LogP contribution in [-0.4, -0.2) is 31.8 Å². The minimum absolute atomic E-state index is 0.178. The number of rotatable bonds is 9. The number of amides is 2. The predicted octanol–water partition coefficient (Wildman–Crippen LogP) is 4.63. The minimum atomic E-state index is -0.863. The number of hydrogen-bond acceptors (Lipinski definition) is 5. The average Bonchev–Trinajstić information content (AvgIpc) is 2.79. The van der Waals surface area contributed by atoms with Crippen molar-refractivity contribution in [2.45, 2.75) is 19.9 Å². The molecule has 1 atom stereocenters. The predicted molar refractivity (Wildman–Crippen MR) is 123 cm³/mol. The third-order valence-corrected chi connectivity index (χ3v) is 4.99. The standard InChI is InChI=1S/C24H25ClN2O5/c1-4-12-32-19-14-17(25)16(13-18(19)30-5-2)22-20(23(28)31-6-3)21(26-24(29)27-22)15-10-8-7-9-11-15/h4,7-11,13-14,22H,1,5-6,12H2,2-3H3,(H2,26,27,29). The largest absolute Gasteiger partial charge is 0.490 e. The number of halogens is 1. The molecule has 0 spiro atoms. The van der Waals surface area contributed by atoms with Crippen LogP contribution in [-0.2, 0) is 9.53 Å². The first-order chi connectivity index (χ1) is 15.5. The Bertz CT molecular complexity index is 1040. The molecule has 2 N–H and O–H groups in total. The first-order valence-electron chi connectivity index (χ1n) is 10.2. The molecule has 1 unspecified atom stereocenters. The first-order valence-corrected chi connectivity index (χ1v) is 10.6. The van der Waals surface area contributed by atoms with Crippen molar-refractivity contribution in [2.75, 3.05) is 19.8 Å². The second-order valence-corrected chi connectivity index (χ2v) is 7.17. The van der Waals surface area contributed by atoms with E-state index < -0.39 is 18.0 Å². The van der Waals surface area contributed by atoms with Gasteiger partial charge in [-0.2, -0.15) is 0 Å². The van der Waals surface area contributed by atoms with Gasteiger partial charge in [-0.05, 0) is 25.5 Å². The van der Waals surface area contributed by atoms with E-state index in [1.165, 1.54) is 0 Å². The van der Waals surface area contributed by atoms with Crippen molar-refractivity contribution in [3.8, 4) is 11.5 Å². The second-order valence-electron chi connectivity index (χ2n) is 6.76. The van der Waals surface area contributed by atoms with Crippen LogP contribution in [0.25, 0.3) is 5.70 Å².